The van der Waals surface area contributed by atoms with E-state index >= 15 is 0 Å². The first kappa shape index (κ1) is 20.5. The lowest BCUT2D eigenvalue weighted by Gasteiger charge is -2.27. The smallest absolute Gasteiger partial charge is 0.384 e. The first-order valence-electron chi connectivity index (χ1n) is 8.86. The molecule has 1 fully saturated rings. The van der Waals surface area contributed by atoms with Crippen molar-refractivity contribution in [3.63, 3.8) is 0 Å². The SMILES string of the molecule is O=c1ccc(C(F)(F)F)cn1Nc1ccc(NCCN2CCNCC2)cc1Cl. The largest absolute Gasteiger partial charge is 0.417 e. The molecule has 10 heteroatoms. The highest BCUT2D eigenvalue weighted by Gasteiger charge is 2.31. The summed E-state index contributed by atoms with van der Waals surface area (Å²) in [6.45, 7) is 5.64. The van der Waals surface area contributed by atoms with Gasteiger partial charge in [0.1, 0.15) is 0 Å². The fourth-order valence-electron chi connectivity index (χ4n) is 2.88. The first-order chi connectivity index (χ1) is 13.3. The van der Waals surface area contributed by atoms with E-state index in [1.54, 1.807) is 18.2 Å². The van der Waals surface area contributed by atoms with Gasteiger partial charge < -0.3 is 10.6 Å². The molecule has 0 saturated carbocycles. The van der Waals surface area contributed by atoms with Crippen molar-refractivity contribution >= 4 is 23.0 Å². The summed E-state index contributed by atoms with van der Waals surface area (Å²) in [6, 6.07) is 6.64. The van der Waals surface area contributed by atoms with Crippen molar-refractivity contribution in [1.29, 1.82) is 0 Å². The third-order valence-electron chi connectivity index (χ3n) is 4.42. The minimum Gasteiger partial charge on any atom is -0.384 e. The minimum atomic E-state index is -4.54. The predicted octanol–water partition coefficient (Wildman–Crippen LogP) is 2.71. The normalized spacial score (nSPS) is 15.4. The third-order valence-corrected chi connectivity index (χ3v) is 4.73. The molecule has 3 N–H and O–H groups in total. The van der Waals surface area contributed by atoms with Crippen LogP contribution in [-0.2, 0) is 6.18 Å². The van der Waals surface area contributed by atoms with Gasteiger partial charge in [-0.25, -0.2) is 4.68 Å². The highest BCUT2D eigenvalue weighted by Crippen LogP contribution is 2.29. The van der Waals surface area contributed by atoms with Crippen molar-refractivity contribution in [1.82, 2.24) is 14.9 Å². The number of aromatic nitrogens is 1. The number of alkyl halides is 3. The second kappa shape index (κ2) is 8.85. The maximum atomic E-state index is 12.8. The molecular weight excluding hydrogens is 395 g/mol. The van der Waals surface area contributed by atoms with Crippen molar-refractivity contribution in [3.05, 3.63) is 57.5 Å². The van der Waals surface area contributed by atoms with Crippen molar-refractivity contribution in [2.45, 2.75) is 6.18 Å². The van der Waals surface area contributed by atoms with Gasteiger partial charge in [-0.3, -0.25) is 15.1 Å². The van der Waals surface area contributed by atoms with Crippen molar-refractivity contribution < 1.29 is 13.2 Å². The third kappa shape index (κ3) is 5.40. The van der Waals surface area contributed by atoms with Gasteiger partial charge >= 0.3 is 6.18 Å². The van der Waals surface area contributed by atoms with E-state index in [-0.39, 0.29) is 5.02 Å². The molecule has 0 spiro atoms. The van der Waals surface area contributed by atoms with Crippen LogP contribution in [-0.4, -0.2) is 48.8 Å². The van der Waals surface area contributed by atoms with E-state index in [0.29, 0.717) is 11.9 Å². The summed E-state index contributed by atoms with van der Waals surface area (Å²) in [5, 5.41) is 6.86. The Kier molecular flexibility index (Phi) is 6.48. The molecule has 6 nitrogen and oxygen atoms in total. The highest BCUT2D eigenvalue weighted by atomic mass is 35.5. The molecule has 1 aliphatic heterocycles. The van der Waals surface area contributed by atoms with E-state index in [1.165, 1.54) is 0 Å². The molecule has 1 aliphatic rings. The lowest BCUT2D eigenvalue weighted by Crippen LogP contribution is -2.45. The number of hydrogen-bond donors (Lipinski definition) is 3. The Balaban J connectivity index is 1.63. The molecule has 1 saturated heterocycles. The maximum absolute atomic E-state index is 12.8. The quantitative estimate of drug-likeness (QED) is 0.677. The molecule has 2 aromatic rings. The Morgan fingerprint density at radius 1 is 1.14 bits per heavy atom. The molecule has 0 amide bonds. The van der Waals surface area contributed by atoms with Crippen LogP contribution in [0.25, 0.3) is 0 Å². The van der Waals surface area contributed by atoms with E-state index in [1.807, 2.05) is 0 Å². The summed E-state index contributed by atoms with van der Waals surface area (Å²) in [5.74, 6) is 0. The summed E-state index contributed by atoms with van der Waals surface area (Å²) in [7, 11) is 0. The average Bonchev–Trinajstić information content (AvgIpc) is 2.65. The van der Waals surface area contributed by atoms with Gasteiger partial charge in [-0.1, -0.05) is 11.6 Å². The number of hydrogen-bond acceptors (Lipinski definition) is 5. The Bertz CT molecular complexity index is 865. The molecule has 2 heterocycles. The molecule has 28 heavy (non-hydrogen) atoms. The Morgan fingerprint density at radius 2 is 1.89 bits per heavy atom. The fraction of sp³-hybridized carbons (Fsp3) is 0.389. The average molecular weight is 416 g/mol. The number of halogens is 4. The fourth-order valence-corrected chi connectivity index (χ4v) is 3.10. The second-order valence-corrected chi connectivity index (χ2v) is 6.86. The van der Waals surface area contributed by atoms with Crippen LogP contribution in [0.5, 0.6) is 0 Å². The molecule has 152 valence electrons. The number of nitrogens with one attached hydrogen (secondary N) is 3. The zero-order valence-corrected chi connectivity index (χ0v) is 15.8. The Labute approximate surface area is 165 Å². The number of nitrogens with zero attached hydrogens (tertiary/aromatic N) is 2. The van der Waals surface area contributed by atoms with Crippen molar-refractivity contribution in [2.24, 2.45) is 0 Å². The van der Waals surface area contributed by atoms with Crippen LogP contribution < -0.4 is 21.6 Å². The highest BCUT2D eigenvalue weighted by molar-refractivity contribution is 6.33. The Morgan fingerprint density at radius 3 is 2.57 bits per heavy atom. The topological polar surface area (TPSA) is 61.3 Å². The number of rotatable bonds is 6. The maximum Gasteiger partial charge on any atom is 0.417 e. The predicted molar refractivity (Wildman–Crippen MR) is 104 cm³/mol. The number of piperazine rings is 1. The molecule has 3 rings (SSSR count). The van der Waals surface area contributed by atoms with Gasteiger partial charge in [-0.05, 0) is 24.3 Å². The molecule has 1 aromatic heterocycles. The van der Waals surface area contributed by atoms with Gasteiger partial charge in [-0.15, -0.1) is 0 Å². The van der Waals surface area contributed by atoms with Crippen LogP contribution in [0.4, 0.5) is 24.5 Å². The molecule has 0 aliphatic carbocycles. The van der Waals surface area contributed by atoms with Crippen LogP contribution in [0.1, 0.15) is 5.56 Å². The van der Waals surface area contributed by atoms with Crippen LogP contribution in [0.2, 0.25) is 5.02 Å². The zero-order chi connectivity index (χ0) is 20.1. The van der Waals surface area contributed by atoms with Crippen LogP contribution >= 0.6 is 11.6 Å². The molecule has 1 aromatic carbocycles. The first-order valence-corrected chi connectivity index (χ1v) is 9.24. The van der Waals surface area contributed by atoms with Gasteiger partial charge in [-0.2, -0.15) is 13.2 Å². The second-order valence-electron chi connectivity index (χ2n) is 6.45. The van der Waals surface area contributed by atoms with Crippen LogP contribution in [0.15, 0.2) is 41.3 Å². The van der Waals surface area contributed by atoms with E-state index in [2.05, 4.69) is 21.0 Å². The van der Waals surface area contributed by atoms with Gasteiger partial charge in [0.25, 0.3) is 5.56 Å². The standard InChI is InChI=1S/C18H21ClF3N5O/c19-15-11-14(24-7-10-26-8-5-23-6-9-26)2-3-16(15)25-27-12-13(18(20,21)22)1-4-17(27)28/h1-4,11-12,23-25H,5-10H2. The summed E-state index contributed by atoms with van der Waals surface area (Å²) >= 11 is 6.23. The summed E-state index contributed by atoms with van der Waals surface area (Å²) in [6.07, 6.45) is -3.84. The molecular formula is C18H21ClF3N5O. The van der Waals surface area contributed by atoms with Crippen LogP contribution in [0, 0.1) is 0 Å². The number of anilines is 2. The molecule has 0 bridgehead atoms. The van der Waals surface area contributed by atoms with Gasteiger partial charge in [0.15, 0.2) is 0 Å². The van der Waals surface area contributed by atoms with E-state index in [4.69, 9.17) is 11.6 Å². The Hall–Kier alpha value is -2.23. The van der Waals surface area contributed by atoms with Crippen molar-refractivity contribution in [3.8, 4) is 0 Å². The van der Waals surface area contributed by atoms with Gasteiger partial charge in [0, 0.05) is 57.2 Å². The summed E-state index contributed by atoms with van der Waals surface area (Å²) in [5.41, 5.74) is 2.19. The molecule has 0 radical (unpaired) electrons. The number of pyridine rings is 1. The summed E-state index contributed by atoms with van der Waals surface area (Å²) < 4.78 is 39.3. The number of benzene rings is 1. The minimum absolute atomic E-state index is 0.288. The van der Waals surface area contributed by atoms with Crippen LogP contribution in [0.3, 0.4) is 0 Å². The molecule has 0 atom stereocenters. The van der Waals surface area contributed by atoms with E-state index in [9.17, 15) is 18.0 Å². The lowest BCUT2D eigenvalue weighted by molar-refractivity contribution is -0.138. The zero-order valence-electron chi connectivity index (χ0n) is 15.0. The summed E-state index contributed by atoms with van der Waals surface area (Å²) in [4.78, 5) is 14.2. The van der Waals surface area contributed by atoms with Gasteiger partial charge in [0.05, 0.1) is 16.3 Å². The van der Waals surface area contributed by atoms with E-state index in [0.717, 1.165) is 61.8 Å². The monoisotopic (exact) mass is 415 g/mol. The van der Waals surface area contributed by atoms with Crippen molar-refractivity contribution in [2.75, 3.05) is 50.0 Å². The van der Waals surface area contributed by atoms with Gasteiger partial charge in [0.2, 0.25) is 0 Å². The molecule has 0 unspecified atom stereocenters. The van der Waals surface area contributed by atoms with E-state index < -0.39 is 17.3 Å². The lowest BCUT2D eigenvalue weighted by atomic mass is 10.2.